The summed E-state index contributed by atoms with van der Waals surface area (Å²) in [7, 11) is -3.65. The third-order valence-electron chi connectivity index (χ3n) is 7.29. The number of carbonyl (C=O) groups excluding carboxylic acids is 1. The van der Waals surface area contributed by atoms with Gasteiger partial charge in [-0.05, 0) is 55.4 Å². The zero-order chi connectivity index (χ0) is 22.1. The summed E-state index contributed by atoms with van der Waals surface area (Å²) < 4.78 is 27.7. The number of carbonyl (C=O) groups is 1. The number of sulfonamides is 1. The van der Waals surface area contributed by atoms with Crippen LogP contribution >= 0.6 is 0 Å². The van der Waals surface area contributed by atoms with Gasteiger partial charge in [0.1, 0.15) is 6.04 Å². The van der Waals surface area contributed by atoms with Crippen molar-refractivity contribution in [1.29, 1.82) is 0 Å². The van der Waals surface area contributed by atoms with Gasteiger partial charge in [-0.25, -0.2) is 8.42 Å². The summed E-state index contributed by atoms with van der Waals surface area (Å²) in [6, 6.07) is 17.1. The van der Waals surface area contributed by atoms with E-state index in [-0.39, 0.29) is 10.8 Å². The lowest BCUT2D eigenvalue weighted by Crippen LogP contribution is -2.52. The maximum absolute atomic E-state index is 13.3. The maximum Gasteiger partial charge on any atom is 0.243 e. The van der Waals surface area contributed by atoms with Crippen molar-refractivity contribution in [2.75, 3.05) is 26.2 Å². The molecule has 2 saturated heterocycles. The van der Waals surface area contributed by atoms with Crippen LogP contribution in [0.15, 0.2) is 59.5 Å². The lowest BCUT2D eigenvalue weighted by atomic mass is 9.95. The molecule has 2 aromatic carbocycles. The van der Waals surface area contributed by atoms with Crippen LogP contribution in [0, 0.1) is 0 Å². The molecule has 0 saturated carbocycles. The molecule has 2 fully saturated rings. The lowest BCUT2D eigenvalue weighted by molar-refractivity contribution is -0.136. The van der Waals surface area contributed by atoms with Crippen molar-refractivity contribution in [2.24, 2.45) is 0 Å². The second-order valence-electron chi connectivity index (χ2n) is 9.13. The van der Waals surface area contributed by atoms with Gasteiger partial charge in [-0.3, -0.25) is 9.69 Å². The summed E-state index contributed by atoms with van der Waals surface area (Å²) in [5.41, 5.74) is 2.88. The molecule has 0 spiro atoms. The molecule has 3 aliphatic heterocycles. The second-order valence-corrected chi connectivity index (χ2v) is 11.0. The quantitative estimate of drug-likeness (QED) is 0.714. The minimum absolute atomic E-state index is 0.0237. The van der Waals surface area contributed by atoms with E-state index < -0.39 is 16.1 Å². The van der Waals surface area contributed by atoms with E-state index >= 15 is 0 Å². The molecule has 170 valence electrons. The van der Waals surface area contributed by atoms with Crippen LogP contribution < -0.4 is 0 Å². The molecule has 32 heavy (non-hydrogen) atoms. The van der Waals surface area contributed by atoms with Gasteiger partial charge in [0.25, 0.3) is 0 Å². The number of benzene rings is 2. The molecule has 0 aromatic heterocycles. The summed E-state index contributed by atoms with van der Waals surface area (Å²) in [5.74, 6) is -0.0237. The van der Waals surface area contributed by atoms with Gasteiger partial charge >= 0.3 is 0 Å². The fraction of sp³-hybridized carbons (Fsp3) is 0.480. The third-order valence-corrected chi connectivity index (χ3v) is 9.21. The Morgan fingerprint density at radius 1 is 0.812 bits per heavy atom. The van der Waals surface area contributed by atoms with E-state index in [0.717, 1.165) is 38.8 Å². The summed E-state index contributed by atoms with van der Waals surface area (Å²) >= 11 is 0. The first kappa shape index (κ1) is 21.6. The molecule has 7 heteroatoms. The van der Waals surface area contributed by atoms with Gasteiger partial charge in [0, 0.05) is 38.8 Å². The van der Waals surface area contributed by atoms with E-state index in [9.17, 15) is 13.2 Å². The van der Waals surface area contributed by atoms with Crippen LogP contribution in [0.2, 0.25) is 0 Å². The molecule has 0 N–H and O–H groups in total. The van der Waals surface area contributed by atoms with Gasteiger partial charge in [0.2, 0.25) is 15.9 Å². The number of likely N-dealkylation sites (tertiary alicyclic amines) is 1. The number of nitrogens with zero attached hydrogens (tertiary/aromatic N) is 3. The average Bonchev–Trinajstić information content (AvgIpc) is 3.35. The van der Waals surface area contributed by atoms with E-state index in [4.69, 9.17) is 0 Å². The fourth-order valence-electron chi connectivity index (χ4n) is 5.49. The molecule has 3 aliphatic rings. The molecular weight excluding hydrogens is 422 g/mol. The van der Waals surface area contributed by atoms with Crippen molar-refractivity contribution in [3.05, 3.63) is 65.7 Å². The van der Waals surface area contributed by atoms with Crippen LogP contribution in [0.25, 0.3) is 0 Å². The monoisotopic (exact) mass is 453 g/mol. The maximum atomic E-state index is 13.3. The van der Waals surface area contributed by atoms with Gasteiger partial charge in [0.15, 0.2) is 0 Å². The van der Waals surface area contributed by atoms with Crippen LogP contribution in [0.3, 0.4) is 0 Å². The topological polar surface area (TPSA) is 60.9 Å². The van der Waals surface area contributed by atoms with Crippen LogP contribution in [-0.2, 0) is 27.8 Å². The highest BCUT2D eigenvalue weighted by atomic mass is 32.2. The minimum Gasteiger partial charge on any atom is -0.341 e. The zero-order valence-corrected chi connectivity index (χ0v) is 19.2. The highest BCUT2D eigenvalue weighted by Gasteiger charge is 2.42. The first-order chi connectivity index (χ1) is 15.5. The molecule has 1 atom stereocenters. The molecule has 0 aliphatic carbocycles. The van der Waals surface area contributed by atoms with Crippen molar-refractivity contribution in [1.82, 2.24) is 14.1 Å². The van der Waals surface area contributed by atoms with E-state index in [0.29, 0.717) is 32.1 Å². The molecular formula is C25H31N3O3S. The lowest BCUT2D eigenvalue weighted by Gasteiger charge is -2.41. The van der Waals surface area contributed by atoms with Crippen molar-refractivity contribution in [2.45, 2.75) is 55.6 Å². The number of hydrogen-bond acceptors (Lipinski definition) is 4. The van der Waals surface area contributed by atoms with Crippen molar-refractivity contribution in [3.63, 3.8) is 0 Å². The largest absolute Gasteiger partial charge is 0.341 e. The predicted octanol–water partition coefficient (Wildman–Crippen LogP) is 2.89. The Bertz CT molecular complexity index is 1060. The normalized spacial score (nSPS) is 23.2. The SMILES string of the molecule is O=C([C@@H]1CCCN1S(=O)(=O)c1ccccc1)N1CCC(N2CCc3ccccc3C2)CC1. The van der Waals surface area contributed by atoms with Gasteiger partial charge in [0.05, 0.1) is 4.90 Å². The molecule has 0 bridgehead atoms. The van der Waals surface area contributed by atoms with Gasteiger partial charge < -0.3 is 4.90 Å². The van der Waals surface area contributed by atoms with E-state index in [1.54, 1.807) is 30.3 Å². The Hall–Kier alpha value is -2.22. The molecule has 6 nitrogen and oxygen atoms in total. The minimum atomic E-state index is -3.65. The molecule has 0 unspecified atom stereocenters. The molecule has 3 heterocycles. The summed E-state index contributed by atoms with van der Waals surface area (Å²) in [6.45, 7) is 3.88. The second kappa shape index (κ2) is 8.96. The van der Waals surface area contributed by atoms with E-state index in [2.05, 4.69) is 29.2 Å². The van der Waals surface area contributed by atoms with E-state index in [1.807, 2.05) is 4.90 Å². The summed E-state index contributed by atoms with van der Waals surface area (Å²) in [4.78, 5) is 18.1. The number of fused-ring (bicyclic) bond motifs is 1. The summed E-state index contributed by atoms with van der Waals surface area (Å²) in [5, 5.41) is 0. The van der Waals surface area contributed by atoms with Crippen LogP contribution in [0.4, 0.5) is 0 Å². The number of rotatable bonds is 4. The Labute approximate surface area is 190 Å². The Kier molecular flexibility index (Phi) is 6.05. The van der Waals surface area contributed by atoms with Gasteiger partial charge in [-0.15, -0.1) is 0 Å². The van der Waals surface area contributed by atoms with Gasteiger partial charge in [-0.2, -0.15) is 4.31 Å². The molecule has 0 radical (unpaired) electrons. The first-order valence-electron chi connectivity index (χ1n) is 11.7. The number of hydrogen-bond donors (Lipinski definition) is 0. The summed E-state index contributed by atoms with van der Waals surface area (Å²) in [6.07, 6.45) is 4.32. The van der Waals surface area contributed by atoms with Crippen molar-refractivity contribution >= 4 is 15.9 Å². The molecule has 2 aromatic rings. The Balaban J connectivity index is 1.22. The average molecular weight is 454 g/mol. The van der Waals surface area contributed by atoms with E-state index in [1.165, 1.54) is 15.4 Å². The van der Waals surface area contributed by atoms with Crippen molar-refractivity contribution in [3.8, 4) is 0 Å². The zero-order valence-electron chi connectivity index (χ0n) is 18.4. The van der Waals surface area contributed by atoms with Gasteiger partial charge in [-0.1, -0.05) is 42.5 Å². The van der Waals surface area contributed by atoms with Crippen LogP contribution in [0.1, 0.15) is 36.8 Å². The fourth-order valence-corrected chi connectivity index (χ4v) is 7.17. The third kappa shape index (κ3) is 4.09. The Morgan fingerprint density at radius 3 is 2.25 bits per heavy atom. The Morgan fingerprint density at radius 2 is 1.50 bits per heavy atom. The number of amides is 1. The number of piperidine rings is 1. The molecule has 1 amide bonds. The predicted molar refractivity (Wildman–Crippen MR) is 124 cm³/mol. The van der Waals surface area contributed by atoms with Crippen molar-refractivity contribution < 1.29 is 13.2 Å². The van der Waals surface area contributed by atoms with Crippen LogP contribution in [0.5, 0.6) is 0 Å². The first-order valence-corrected chi connectivity index (χ1v) is 13.1. The van der Waals surface area contributed by atoms with Crippen LogP contribution in [-0.4, -0.2) is 66.7 Å². The highest BCUT2D eigenvalue weighted by Crippen LogP contribution is 2.29. The smallest absolute Gasteiger partial charge is 0.243 e. The highest BCUT2D eigenvalue weighted by molar-refractivity contribution is 7.89. The standard InChI is InChI=1S/C25H31N3O3S/c29-25(24-11-6-15-28(24)32(30,31)23-9-2-1-3-10-23)26-17-13-22(14-18-26)27-16-12-20-7-4-5-8-21(20)19-27/h1-5,7-10,22,24H,6,11-19H2/t24-/m0/s1. The molecule has 5 rings (SSSR count).